The van der Waals surface area contributed by atoms with Crippen LogP contribution < -0.4 is 14.8 Å². The Morgan fingerprint density at radius 3 is 2.33 bits per heavy atom. The average Bonchev–Trinajstić information content (AvgIpc) is 2.53. The Hall–Kier alpha value is -2.00. The van der Waals surface area contributed by atoms with Crippen molar-refractivity contribution in [2.24, 2.45) is 0 Å². The molecule has 0 aliphatic carbocycles. The van der Waals surface area contributed by atoms with E-state index < -0.39 is 0 Å². The van der Waals surface area contributed by atoms with Crippen molar-refractivity contribution < 1.29 is 9.47 Å². The highest BCUT2D eigenvalue weighted by molar-refractivity contribution is 5.44. The average molecular weight is 285 g/mol. The minimum atomic E-state index is 0.242. The van der Waals surface area contributed by atoms with Crippen LogP contribution in [0.2, 0.25) is 0 Å². The Balaban J connectivity index is 2.27. The maximum Gasteiger partial charge on any atom is 0.161 e. The van der Waals surface area contributed by atoms with Crippen LogP contribution in [0.1, 0.15) is 22.7 Å². The number of rotatable bonds is 6. The van der Waals surface area contributed by atoms with Crippen LogP contribution in [0.25, 0.3) is 0 Å². The maximum absolute atomic E-state index is 5.39. The molecule has 0 bridgehead atoms. The van der Waals surface area contributed by atoms with E-state index in [0.29, 0.717) is 0 Å². The predicted octanol–water partition coefficient (Wildman–Crippen LogP) is 3.52. The fourth-order valence-corrected chi connectivity index (χ4v) is 2.52. The molecule has 2 rings (SSSR count). The second-order valence-corrected chi connectivity index (χ2v) is 5.09. The molecule has 3 heteroatoms. The van der Waals surface area contributed by atoms with Gasteiger partial charge in [0.05, 0.1) is 14.2 Å². The van der Waals surface area contributed by atoms with Crippen molar-refractivity contribution >= 4 is 0 Å². The maximum atomic E-state index is 5.39. The van der Waals surface area contributed by atoms with Crippen molar-refractivity contribution in [1.82, 2.24) is 5.32 Å². The molecule has 0 aliphatic rings. The smallest absolute Gasteiger partial charge is 0.161 e. The lowest BCUT2D eigenvalue weighted by molar-refractivity contribution is 0.354. The van der Waals surface area contributed by atoms with Gasteiger partial charge in [-0.05, 0) is 49.2 Å². The summed E-state index contributed by atoms with van der Waals surface area (Å²) < 4.78 is 10.7. The van der Waals surface area contributed by atoms with E-state index in [-0.39, 0.29) is 6.04 Å². The summed E-state index contributed by atoms with van der Waals surface area (Å²) >= 11 is 0. The van der Waals surface area contributed by atoms with Gasteiger partial charge < -0.3 is 14.8 Å². The highest BCUT2D eigenvalue weighted by atomic mass is 16.5. The molecule has 0 fully saturated rings. The third kappa shape index (κ3) is 3.56. The highest BCUT2D eigenvalue weighted by Crippen LogP contribution is 2.31. The van der Waals surface area contributed by atoms with Crippen molar-refractivity contribution in [3.05, 3.63) is 59.2 Å². The molecule has 2 aromatic carbocycles. The molecule has 1 N–H and O–H groups in total. The number of methoxy groups -OCH3 is 2. The van der Waals surface area contributed by atoms with Crippen molar-refractivity contribution in [1.29, 1.82) is 0 Å². The molecular weight excluding hydrogens is 262 g/mol. The Bertz CT molecular complexity index is 596. The molecular formula is C18H23NO2. The number of likely N-dealkylation sites (N-methyl/N-ethyl adjacent to an activating group) is 1. The van der Waals surface area contributed by atoms with E-state index in [1.807, 2.05) is 19.2 Å². The van der Waals surface area contributed by atoms with Crippen LogP contribution in [0.15, 0.2) is 42.5 Å². The molecule has 1 unspecified atom stereocenters. The highest BCUT2D eigenvalue weighted by Gasteiger charge is 2.14. The lowest BCUT2D eigenvalue weighted by atomic mass is 9.96. The summed E-state index contributed by atoms with van der Waals surface area (Å²) in [5, 5.41) is 3.39. The van der Waals surface area contributed by atoms with Crippen LogP contribution in [0, 0.1) is 6.92 Å². The van der Waals surface area contributed by atoms with E-state index in [1.165, 1.54) is 16.7 Å². The molecule has 0 heterocycles. The van der Waals surface area contributed by atoms with E-state index in [1.54, 1.807) is 14.2 Å². The largest absolute Gasteiger partial charge is 0.493 e. The van der Waals surface area contributed by atoms with E-state index in [9.17, 15) is 0 Å². The van der Waals surface area contributed by atoms with Crippen LogP contribution >= 0.6 is 0 Å². The zero-order valence-corrected chi connectivity index (χ0v) is 13.1. The van der Waals surface area contributed by atoms with Crippen LogP contribution in [-0.2, 0) is 6.42 Å². The molecule has 0 radical (unpaired) electrons. The number of hydrogen-bond donors (Lipinski definition) is 1. The second kappa shape index (κ2) is 7.14. The fraction of sp³-hybridized carbons (Fsp3) is 0.333. The number of aryl methyl sites for hydroxylation is 1. The van der Waals surface area contributed by atoms with Gasteiger partial charge in [0.2, 0.25) is 0 Å². The summed E-state index contributed by atoms with van der Waals surface area (Å²) in [4.78, 5) is 0. The summed E-state index contributed by atoms with van der Waals surface area (Å²) in [5.41, 5.74) is 3.86. The lowest BCUT2D eigenvalue weighted by Gasteiger charge is -2.19. The van der Waals surface area contributed by atoms with Crippen LogP contribution in [-0.4, -0.2) is 21.3 Å². The van der Waals surface area contributed by atoms with Crippen molar-refractivity contribution in [3.8, 4) is 11.5 Å². The van der Waals surface area contributed by atoms with Crippen LogP contribution in [0.5, 0.6) is 11.5 Å². The summed E-state index contributed by atoms with van der Waals surface area (Å²) in [5.74, 6) is 1.52. The Labute approximate surface area is 126 Å². The topological polar surface area (TPSA) is 30.5 Å². The quantitative estimate of drug-likeness (QED) is 0.881. The molecule has 1 atom stereocenters. The minimum Gasteiger partial charge on any atom is -0.493 e. The number of nitrogens with one attached hydrogen (secondary N) is 1. The summed E-state index contributed by atoms with van der Waals surface area (Å²) in [7, 11) is 5.30. The molecule has 0 saturated heterocycles. The van der Waals surface area contributed by atoms with Crippen LogP contribution in [0.4, 0.5) is 0 Å². The van der Waals surface area contributed by atoms with Gasteiger partial charge in [-0.2, -0.15) is 0 Å². The van der Waals surface area contributed by atoms with Gasteiger partial charge in [0.25, 0.3) is 0 Å². The standard InChI is InChI=1S/C18H23NO2/c1-13-7-5-6-8-14(13)11-16(19-2)15-9-10-17(20-3)18(12-15)21-4/h5-10,12,16,19H,11H2,1-4H3. The van der Waals surface area contributed by atoms with Gasteiger partial charge in [-0.25, -0.2) is 0 Å². The van der Waals surface area contributed by atoms with Crippen molar-refractivity contribution in [3.63, 3.8) is 0 Å². The number of ether oxygens (including phenoxy) is 2. The van der Waals surface area contributed by atoms with E-state index in [4.69, 9.17) is 9.47 Å². The molecule has 2 aromatic rings. The number of benzene rings is 2. The van der Waals surface area contributed by atoms with Gasteiger partial charge in [0.15, 0.2) is 11.5 Å². The normalized spacial score (nSPS) is 12.0. The van der Waals surface area contributed by atoms with Gasteiger partial charge in [-0.1, -0.05) is 30.3 Å². The minimum absolute atomic E-state index is 0.242. The van der Waals surface area contributed by atoms with Gasteiger partial charge >= 0.3 is 0 Å². The van der Waals surface area contributed by atoms with E-state index >= 15 is 0 Å². The third-order valence-corrected chi connectivity index (χ3v) is 3.84. The summed E-state index contributed by atoms with van der Waals surface area (Å²) in [6, 6.07) is 14.8. The molecule has 0 amide bonds. The number of hydrogen-bond acceptors (Lipinski definition) is 3. The van der Waals surface area contributed by atoms with Gasteiger partial charge in [-0.15, -0.1) is 0 Å². The zero-order chi connectivity index (χ0) is 15.2. The SMILES string of the molecule is CNC(Cc1ccccc1C)c1ccc(OC)c(OC)c1. The van der Waals surface area contributed by atoms with E-state index in [0.717, 1.165) is 17.9 Å². The molecule has 0 spiro atoms. The molecule has 0 aliphatic heterocycles. The Morgan fingerprint density at radius 2 is 1.71 bits per heavy atom. The predicted molar refractivity (Wildman–Crippen MR) is 86.2 cm³/mol. The molecule has 112 valence electrons. The summed E-state index contributed by atoms with van der Waals surface area (Å²) in [6.45, 7) is 2.15. The van der Waals surface area contributed by atoms with E-state index in [2.05, 4.69) is 42.6 Å². The molecule has 0 aromatic heterocycles. The zero-order valence-electron chi connectivity index (χ0n) is 13.1. The second-order valence-electron chi connectivity index (χ2n) is 5.09. The van der Waals surface area contributed by atoms with Gasteiger partial charge in [0.1, 0.15) is 0 Å². The summed E-state index contributed by atoms with van der Waals surface area (Å²) in [6.07, 6.45) is 0.943. The first-order valence-corrected chi connectivity index (χ1v) is 7.13. The molecule has 0 saturated carbocycles. The van der Waals surface area contributed by atoms with Crippen LogP contribution in [0.3, 0.4) is 0 Å². The first-order chi connectivity index (χ1) is 10.2. The monoisotopic (exact) mass is 285 g/mol. The molecule has 3 nitrogen and oxygen atoms in total. The van der Waals surface area contributed by atoms with Gasteiger partial charge in [0, 0.05) is 6.04 Å². The van der Waals surface area contributed by atoms with Gasteiger partial charge in [-0.3, -0.25) is 0 Å². The van der Waals surface area contributed by atoms with Crippen molar-refractivity contribution in [2.75, 3.05) is 21.3 Å². The first-order valence-electron chi connectivity index (χ1n) is 7.13. The third-order valence-electron chi connectivity index (χ3n) is 3.84. The van der Waals surface area contributed by atoms with Crippen molar-refractivity contribution in [2.45, 2.75) is 19.4 Å². The lowest BCUT2D eigenvalue weighted by Crippen LogP contribution is -2.19. The first kappa shape index (κ1) is 15.4. The Kier molecular flexibility index (Phi) is 5.23. The Morgan fingerprint density at radius 1 is 1.00 bits per heavy atom. The molecule has 21 heavy (non-hydrogen) atoms. The fourth-order valence-electron chi connectivity index (χ4n) is 2.52.